The minimum Gasteiger partial charge on any atom is -0.487 e. The molecular formula is C30H30ClN3O6. The summed E-state index contributed by atoms with van der Waals surface area (Å²) in [5, 5.41) is 13.8. The highest BCUT2D eigenvalue weighted by atomic mass is 35.5. The molecule has 0 aliphatic carbocycles. The zero-order valence-electron chi connectivity index (χ0n) is 22.1. The maximum absolute atomic E-state index is 12.1. The third-order valence-corrected chi connectivity index (χ3v) is 7.50. The van der Waals surface area contributed by atoms with Gasteiger partial charge < -0.3 is 24.2 Å². The van der Waals surface area contributed by atoms with Gasteiger partial charge in [-0.3, -0.25) is 4.98 Å². The zero-order valence-corrected chi connectivity index (χ0v) is 22.8. The second-order valence-electron chi connectivity index (χ2n) is 9.74. The second kappa shape index (κ2) is 12.1. The van der Waals surface area contributed by atoms with E-state index in [-0.39, 0.29) is 5.75 Å². The number of carbonyl (C=O) groups excluding carboxylic acids is 2. The lowest BCUT2D eigenvalue weighted by molar-refractivity contribution is -0.0254. The summed E-state index contributed by atoms with van der Waals surface area (Å²) in [4.78, 5) is 30.3. The Hall–Kier alpha value is -3.92. The number of piperidine rings is 1. The number of fused-ring (bicyclic) bond motifs is 2. The van der Waals surface area contributed by atoms with Crippen molar-refractivity contribution >= 4 is 29.4 Å². The van der Waals surface area contributed by atoms with E-state index in [1.165, 1.54) is 0 Å². The number of likely N-dealkylation sites (tertiary alicyclic amines) is 1. The van der Waals surface area contributed by atoms with E-state index in [2.05, 4.69) is 20.7 Å². The highest BCUT2D eigenvalue weighted by Gasteiger charge is 2.33. The summed E-state index contributed by atoms with van der Waals surface area (Å²) in [5.41, 5.74) is 3.47. The molecule has 1 fully saturated rings. The van der Waals surface area contributed by atoms with Crippen LogP contribution in [0.15, 0.2) is 66.9 Å². The Kier molecular flexibility index (Phi) is 8.35. The molecule has 208 valence electrons. The first-order valence-electron chi connectivity index (χ1n) is 13.0. The van der Waals surface area contributed by atoms with Crippen molar-refractivity contribution in [1.82, 2.24) is 15.2 Å². The van der Waals surface area contributed by atoms with Gasteiger partial charge in [0.05, 0.1) is 18.4 Å². The number of aromatic nitrogens is 1. The van der Waals surface area contributed by atoms with Crippen molar-refractivity contribution in [2.24, 2.45) is 0 Å². The molecule has 5 rings (SSSR count). The van der Waals surface area contributed by atoms with Crippen LogP contribution in [0.2, 0.25) is 5.02 Å². The van der Waals surface area contributed by atoms with Crippen molar-refractivity contribution < 1.29 is 28.9 Å². The average Bonchev–Trinajstić information content (AvgIpc) is 3.11. The first kappa shape index (κ1) is 27.6. The van der Waals surface area contributed by atoms with E-state index in [1.807, 2.05) is 41.7 Å². The first-order chi connectivity index (χ1) is 19.3. The van der Waals surface area contributed by atoms with Crippen LogP contribution in [0.4, 0.5) is 9.59 Å². The van der Waals surface area contributed by atoms with E-state index >= 15 is 0 Å². The number of hydrogen-bond donors (Lipinski definition) is 2. The Balaban J connectivity index is 1.32. The van der Waals surface area contributed by atoms with Gasteiger partial charge in [0.15, 0.2) is 0 Å². The van der Waals surface area contributed by atoms with Crippen LogP contribution in [-0.4, -0.2) is 53.9 Å². The molecule has 2 amide bonds. The number of alkyl carbamates (subject to hydrolysis) is 1. The molecule has 0 spiro atoms. The van der Waals surface area contributed by atoms with Gasteiger partial charge in [-0.2, -0.15) is 0 Å². The molecular weight excluding hydrogens is 534 g/mol. The van der Waals surface area contributed by atoms with Gasteiger partial charge in [-0.15, -0.1) is 0 Å². The molecule has 1 saturated heterocycles. The van der Waals surface area contributed by atoms with Crippen molar-refractivity contribution in [3.63, 3.8) is 0 Å². The molecule has 0 unspecified atom stereocenters. The minimum absolute atomic E-state index is 0.250. The summed E-state index contributed by atoms with van der Waals surface area (Å²) in [6, 6.07) is 16.4. The van der Waals surface area contributed by atoms with Crippen LogP contribution in [0.25, 0.3) is 5.57 Å². The van der Waals surface area contributed by atoms with E-state index in [9.17, 15) is 14.7 Å². The number of nitrogens with one attached hydrogen (secondary N) is 1. The number of aliphatic hydroxyl groups is 1. The van der Waals surface area contributed by atoms with Crippen LogP contribution in [-0.2, 0) is 16.9 Å². The van der Waals surface area contributed by atoms with Gasteiger partial charge in [0.2, 0.25) is 0 Å². The van der Waals surface area contributed by atoms with Gasteiger partial charge in [-0.1, -0.05) is 35.9 Å². The molecule has 2 aliphatic rings. The molecule has 3 aromatic rings. The summed E-state index contributed by atoms with van der Waals surface area (Å²) >= 11 is 6.02. The largest absolute Gasteiger partial charge is 0.487 e. The molecule has 2 N–H and O–H groups in total. The van der Waals surface area contributed by atoms with Crippen molar-refractivity contribution in [2.75, 3.05) is 26.7 Å². The summed E-state index contributed by atoms with van der Waals surface area (Å²) in [6.07, 6.45) is 4.05. The Morgan fingerprint density at radius 1 is 1.12 bits per heavy atom. The standard InChI is InChI=1S/C30H30ClN3O6/c1-38-28(35)33-29(36)40-22-10-11-27-25(18-22)23(24-4-2-14-32-26(24)19-39-27)5-3-15-34-16-12-30(37,13-17-34)20-6-8-21(31)9-7-20/h2,4-11,14,18,37H,3,12-13,15-17,19H2,1H3,(H,33,35,36)/b23-5+. The average molecular weight is 564 g/mol. The predicted octanol–water partition coefficient (Wildman–Crippen LogP) is 5.29. The summed E-state index contributed by atoms with van der Waals surface area (Å²) in [5.74, 6) is 0.885. The maximum Gasteiger partial charge on any atom is 0.422 e. The summed E-state index contributed by atoms with van der Waals surface area (Å²) in [7, 11) is 1.16. The van der Waals surface area contributed by atoms with Gasteiger partial charge in [0.1, 0.15) is 18.1 Å². The fourth-order valence-corrected chi connectivity index (χ4v) is 5.20. The molecule has 0 atom stereocenters. The number of methoxy groups -OCH3 is 1. The number of carbonyl (C=O) groups is 2. The van der Waals surface area contributed by atoms with Crippen LogP contribution in [0.1, 0.15) is 41.6 Å². The molecule has 9 nitrogen and oxygen atoms in total. The lowest BCUT2D eigenvalue weighted by atomic mass is 9.84. The maximum atomic E-state index is 12.1. The number of halogens is 1. The highest BCUT2D eigenvalue weighted by molar-refractivity contribution is 6.30. The number of pyridine rings is 1. The normalized spacial score (nSPS) is 17.1. The quantitative estimate of drug-likeness (QED) is 0.431. The first-order valence-corrected chi connectivity index (χ1v) is 13.4. The number of hydrogen-bond acceptors (Lipinski definition) is 8. The molecule has 40 heavy (non-hydrogen) atoms. The summed E-state index contributed by atoms with van der Waals surface area (Å²) < 4.78 is 15.8. The van der Waals surface area contributed by atoms with Gasteiger partial charge >= 0.3 is 12.2 Å². The van der Waals surface area contributed by atoms with Gasteiger partial charge in [-0.25, -0.2) is 14.9 Å². The molecule has 0 bridgehead atoms. The van der Waals surface area contributed by atoms with Crippen LogP contribution in [0, 0.1) is 0 Å². The smallest absolute Gasteiger partial charge is 0.422 e. The van der Waals surface area contributed by atoms with Crippen LogP contribution >= 0.6 is 11.6 Å². The topological polar surface area (TPSA) is 110 Å². The second-order valence-corrected chi connectivity index (χ2v) is 10.2. The number of amides is 2. The Morgan fingerprint density at radius 3 is 2.65 bits per heavy atom. The van der Waals surface area contributed by atoms with Crippen LogP contribution < -0.4 is 14.8 Å². The molecule has 10 heteroatoms. The highest BCUT2D eigenvalue weighted by Crippen LogP contribution is 2.39. The molecule has 2 aliphatic heterocycles. The molecule has 0 radical (unpaired) electrons. The van der Waals surface area contributed by atoms with Crippen molar-refractivity contribution in [3.05, 3.63) is 94.3 Å². The third kappa shape index (κ3) is 6.28. The van der Waals surface area contributed by atoms with E-state index in [4.69, 9.17) is 21.1 Å². The zero-order chi connectivity index (χ0) is 28.1. The predicted molar refractivity (Wildman–Crippen MR) is 149 cm³/mol. The monoisotopic (exact) mass is 563 g/mol. The van der Waals surface area contributed by atoms with E-state index in [0.29, 0.717) is 30.2 Å². The molecule has 0 saturated carbocycles. The lowest BCUT2D eigenvalue weighted by Gasteiger charge is -2.38. The number of benzene rings is 2. The SMILES string of the molecule is COC(=O)NC(=O)Oc1ccc2c(c1)/C(=C/CCN1CCC(O)(c3ccc(Cl)cc3)CC1)c1cccnc1CO2. The van der Waals surface area contributed by atoms with Gasteiger partial charge in [-0.05, 0) is 66.8 Å². The minimum atomic E-state index is -0.947. The molecule has 2 aromatic carbocycles. The number of rotatable bonds is 5. The third-order valence-electron chi connectivity index (χ3n) is 7.24. The van der Waals surface area contributed by atoms with Crippen molar-refractivity contribution in [3.8, 4) is 11.5 Å². The fourth-order valence-electron chi connectivity index (χ4n) is 5.07. The van der Waals surface area contributed by atoms with Crippen molar-refractivity contribution in [1.29, 1.82) is 0 Å². The fraction of sp³-hybridized carbons (Fsp3) is 0.300. The number of imide groups is 1. The van der Waals surface area contributed by atoms with Crippen LogP contribution in [0.3, 0.4) is 0 Å². The van der Waals surface area contributed by atoms with E-state index in [0.717, 1.165) is 61.1 Å². The summed E-state index contributed by atoms with van der Waals surface area (Å²) in [6.45, 7) is 2.66. The molecule has 1 aromatic heterocycles. The van der Waals surface area contributed by atoms with Gasteiger partial charge in [0.25, 0.3) is 0 Å². The Bertz CT molecular complexity index is 1420. The van der Waals surface area contributed by atoms with Crippen molar-refractivity contribution in [2.45, 2.75) is 31.5 Å². The van der Waals surface area contributed by atoms with Gasteiger partial charge in [0, 0.05) is 42.0 Å². The number of nitrogens with zero attached hydrogens (tertiary/aromatic N) is 2. The lowest BCUT2D eigenvalue weighted by Crippen LogP contribution is -2.42. The van der Waals surface area contributed by atoms with E-state index < -0.39 is 17.8 Å². The molecule has 3 heterocycles. The Labute approximate surface area is 237 Å². The number of ether oxygens (including phenoxy) is 3. The Morgan fingerprint density at radius 2 is 1.90 bits per heavy atom. The van der Waals surface area contributed by atoms with Crippen LogP contribution in [0.5, 0.6) is 11.5 Å². The van der Waals surface area contributed by atoms with E-state index in [1.54, 1.807) is 24.4 Å².